The molecule has 0 N–H and O–H groups in total. The molecule has 2 aromatic carbocycles. The minimum absolute atomic E-state index is 0.108. The lowest BCUT2D eigenvalue weighted by molar-refractivity contribution is -0.170. The van der Waals surface area contributed by atoms with Crippen LogP contribution in [0.2, 0.25) is 0 Å². The number of nitrogens with zero attached hydrogens (tertiary/aromatic N) is 3. The van der Waals surface area contributed by atoms with Crippen LogP contribution in [0.25, 0.3) is 27.5 Å². The molecule has 6 nitrogen and oxygen atoms in total. The van der Waals surface area contributed by atoms with Crippen molar-refractivity contribution in [2.45, 2.75) is 57.0 Å². The van der Waals surface area contributed by atoms with Crippen LogP contribution in [0.1, 0.15) is 62.6 Å². The smallest absolute Gasteiger partial charge is 0.338 e. The van der Waals surface area contributed by atoms with E-state index in [0.717, 1.165) is 40.3 Å². The molecule has 2 aromatic heterocycles. The first-order valence-electron chi connectivity index (χ1n) is 12.3. The van der Waals surface area contributed by atoms with Crippen LogP contribution in [0.4, 0.5) is 8.78 Å². The molecule has 0 saturated heterocycles. The highest BCUT2D eigenvalue weighted by Gasteiger charge is 2.44. The van der Waals surface area contributed by atoms with Crippen LogP contribution < -0.4 is 0 Å². The molecule has 36 heavy (non-hydrogen) atoms. The van der Waals surface area contributed by atoms with Gasteiger partial charge in [-0.15, -0.1) is 0 Å². The van der Waals surface area contributed by atoms with Crippen molar-refractivity contribution in [1.29, 1.82) is 0 Å². The third-order valence-corrected chi connectivity index (χ3v) is 7.77. The Kier molecular flexibility index (Phi) is 6.11. The van der Waals surface area contributed by atoms with E-state index in [0.29, 0.717) is 18.5 Å². The van der Waals surface area contributed by atoms with Crippen molar-refractivity contribution in [3.05, 3.63) is 59.4 Å². The quantitative estimate of drug-likeness (QED) is 0.312. The topological polar surface area (TPSA) is 58.3 Å². The van der Waals surface area contributed by atoms with Gasteiger partial charge >= 0.3 is 5.97 Å². The summed E-state index contributed by atoms with van der Waals surface area (Å²) in [7, 11) is 4.86. The second kappa shape index (κ2) is 9.00. The number of carbonyl (C=O) groups is 1. The van der Waals surface area contributed by atoms with E-state index in [9.17, 15) is 13.6 Å². The molecule has 1 saturated carbocycles. The van der Waals surface area contributed by atoms with Gasteiger partial charge in [0.1, 0.15) is 0 Å². The normalized spacial score (nSPS) is 20.5. The highest BCUT2D eigenvalue weighted by Crippen LogP contribution is 2.47. The van der Waals surface area contributed by atoms with Crippen LogP contribution in [0.5, 0.6) is 0 Å². The van der Waals surface area contributed by atoms with Crippen molar-refractivity contribution in [3.63, 3.8) is 0 Å². The molecule has 0 spiro atoms. The van der Waals surface area contributed by atoms with Crippen molar-refractivity contribution in [2.24, 2.45) is 7.05 Å². The van der Waals surface area contributed by atoms with Gasteiger partial charge in [-0.2, -0.15) is 5.10 Å². The zero-order valence-electron chi connectivity index (χ0n) is 21.3. The number of ether oxygens (including phenoxy) is 2. The molecule has 0 atom stereocenters. The maximum Gasteiger partial charge on any atom is 0.338 e. The number of halogens is 2. The number of esters is 1. The Hall–Kier alpha value is -3.26. The summed E-state index contributed by atoms with van der Waals surface area (Å²) in [6.07, 6.45) is 4.39. The van der Waals surface area contributed by atoms with E-state index in [4.69, 9.17) is 9.47 Å². The number of carbonyl (C=O) groups excluding carboxylic acids is 1. The van der Waals surface area contributed by atoms with E-state index < -0.39 is 17.2 Å². The van der Waals surface area contributed by atoms with Crippen LogP contribution in [0.15, 0.2) is 36.5 Å². The lowest BCUT2D eigenvalue weighted by Crippen LogP contribution is -2.44. The predicted molar refractivity (Wildman–Crippen MR) is 135 cm³/mol. The standard InChI is InChI=1S/C28H31F2N3O3/c1-16(2)26-25(17-8-10-28(36-5,11-9-17)27(34)35-4)20-14-23-18(15-31-32(23)3)12-24(20)33(26)19-6-7-21(29)22(30)13-19/h6-7,12-17H,8-11H2,1-5H3. The van der Waals surface area contributed by atoms with Gasteiger partial charge in [0.05, 0.1) is 24.3 Å². The van der Waals surface area contributed by atoms with Crippen molar-refractivity contribution in [3.8, 4) is 5.69 Å². The van der Waals surface area contributed by atoms with Crippen LogP contribution in [-0.4, -0.2) is 40.1 Å². The molecule has 0 amide bonds. The number of benzene rings is 2. The molecule has 1 aliphatic carbocycles. The van der Waals surface area contributed by atoms with Gasteiger partial charge in [0.2, 0.25) is 0 Å². The van der Waals surface area contributed by atoms with Crippen molar-refractivity contribution >= 4 is 27.8 Å². The Morgan fingerprint density at radius 1 is 1.08 bits per heavy atom. The average Bonchev–Trinajstić information content (AvgIpc) is 3.41. The van der Waals surface area contributed by atoms with Crippen LogP contribution in [0, 0.1) is 11.6 Å². The maximum absolute atomic E-state index is 14.4. The van der Waals surface area contributed by atoms with Gasteiger partial charge in [-0.1, -0.05) is 13.8 Å². The molecule has 5 rings (SSSR count). The molecule has 0 aliphatic heterocycles. The summed E-state index contributed by atoms with van der Waals surface area (Å²) in [5.41, 5.74) is 3.81. The Labute approximate surface area is 208 Å². The molecule has 0 bridgehead atoms. The molecule has 1 aliphatic rings. The second-order valence-electron chi connectivity index (χ2n) is 10.0. The third kappa shape index (κ3) is 3.70. The Bertz CT molecular complexity index is 1460. The average molecular weight is 496 g/mol. The second-order valence-corrected chi connectivity index (χ2v) is 10.0. The van der Waals surface area contributed by atoms with Crippen molar-refractivity contribution in [2.75, 3.05) is 14.2 Å². The molecular weight excluding hydrogens is 464 g/mol. The number of hydrogen-bond donors (Lipinski definition) is 0. The van der Waals surface area contributed by atoms with Crippen molar-refractivity contribution < 1.29 is 23.0 Å². The van der Waals surface area contributed by atoms with E-state index in [-0.39, 0.29) is 17.8 Å². The minimum Gasteiger partial charge on any atom is -0.467 e. The summed E-state index contributed by atoms with van der Waals surface area (Å²) in [6, 6.07) is 8.27. The molecule has 2 heterocycles. The minimum atomic E-state index is -0.934. The molecule has 4 aromatic rings. The number of methoxy groups -OCH3 is 2. The van der Waals surface area contributed by atoms with E-state index in [1.54, 1.807) is 13.2 Å². The van der Waals surface area contributed by atoms with E-state index in [2.05, 4.69) is 35.6 Å². The number of aryl methyl sites for hydroxylation is 1. The number of hydrogen-bond acceptors (Lipinski definition) is 4. The van der Waals surface area contributed by atoms with E-state index >= 15 is 0 Å². The zero-order chi connectivity index (χ0) is 25.8. The molecule has 1 fully saturated rings. The zero-order valence-corrected chi connectivity index (χ0v) is 21.3. The molecule has 0 radical (unpaired) electrons. The Morgan fingerprint density at radius 3 is 2.42 bits per heavy atom. The lowest BCUT2D eigenvalue weighted by atomic mass is 9.74. The summed E-state index contributed by atoms with van der Waals surface area (Å²) in [5.74, 6) is -1.82. The summed E-state index contributed by atoms with van der Waals surface area (Å²) >= 11 is 0. The third-order valence-electron chi connectivity index (χ3n) is 7.77. The van der Waals surface area contributed by atoms with Gasteiger partial charge in [-0.25, -0.2) is 13.6 Å². The first kappa shape index (κ1) is 24.4. The monoisotopic (exact) mass is 495 g/mol. The highest BCUT2D eigenvalue weighted by molar-refractivity contribution is 5.99. The molecule has 0 unspecified atom stereocenters. The maximum atomic E-state index is 14.4. The van der Waals surface area contributed by atoms with Gasteiger partial charge in [-0.05, 0) is 67.3 Å². The Morgan fingerprint density at radius 2 is 1.81 bits per heavy atom. The SMILES string of the molecule is COC(=O)C1(OC)CCC(c2c(C(C)C)n(-c3ccc(F)c(F)c3)c3cc4cnn(C)c4cc23)CC1. The van der Waals surface area contributed by atoms with Crippen LogP contribution >= 0.6 is 0 Å². The van der Waals surface area contributed by atoms with Crippen LogP contribution in [0.3, 0.4) is 0 Å². The lowest BCUT2D eigenvalue weighted by Gasteiger charge is -2.37. The van der Waals surface area contributed by atoms with E-state index in [1.807, 2.05) is 17.9 Å². The van der Waals surface area contributed by atoms with Crippen molar-refractivity contribution in [1.82, 2.24) is 14.3 Å². The Balaban J connectivity index is 1.75. The van der Waals surface area contributed by atoms with Gasteiger partial charge in [0.25, 0.3) is 0 Å². The number of rotatable bonds is 5. The van der Waals surface area contributed by atoms with Gasteiger partial charge < -0.3 is 14.0 Å². The molecule has 190 valence electrons. The first-order chi connectivity index (χ1) is 17.2. The van der Waals surface area contributed by atoms with Gasteiger partial charge in [0, 0.05) is 42.4 Å². The molecule has 8 heteroatoms. The number of aromatic nitrogens is 3. The first-order valence-corrected chi connectivity index (χ1v) is 12.3. The predicted octanol–water partition coefficient (Wildman–Crippen LogP) is 6.13. The van der Waals surface area contributed by atoms with Gasteiger partial charge in [-0.3, -0.25) is 4.68 Å². The summed E-state index contributed by atoms with van der Waals surface area (Å²) in [5, 5.41) is 6.45. The largest absolute Gasteiger partial charge is 0.467 e. The molecular formula is C28H31F2N3O3. The number of fused-ring (bicyclic) bond motifs is 2. The van der Waals surface area contributed by atoms with E-state index in [1.165, 1.54) is 24.8 Å². The highest BCUT2D eigenvalue weighted by atomic mass is 19.2. The van der Waals surface area contributed by atoms with Crippen LogP contribution in [-0.2, 0) is 21.3 Å². The summed E-state index contributed by atoms with van der Waals surface area (Å²) < 4.78 is 42.9. The fourth-order valence-electron chi connectivity index (χ4n) is 5.93. The van der Waals surface area contributed by atoms with Gasteiger partial charge in [0.15, 0.2) is 17.2 Å². The summed E-state index contributed by atoms with van der Waals surface area (Å²) in [6.45, 7) is 4.23. The summed E-state index contributed by atoms with van der Waals surface area (Å²) in [4.78, 5) is 12.5. The fraction of sp³-hybridized carbons (Fsp3) is 0.429. The fourth-order valence-corrected chi connectivity index (χ4v) is 5.93.